The second-order valence-corrected chi connectivity index (χ2v) is 13.8. The van der Waals surface area contributed by atoms with E-state index < -0.39 is 0 Å². The Kier molecular flexibility index (Phi) is 5.80. The molecule has 0 aliphatic rings. The molecule has 0 N–H and O–H groups in total. The normalized spacial score (nSPS) is 12.0. The maximum Gasteiger partial charge on any atom is 0.235 e. The molecule has 0 fully saturated rings. The monoisotopic (exact) mass is 654 g/mol. The fourth-order valence-corrected chi connectivity index (χ4v) is 9.19. The highest BCUT2D eigenvalue weighted by Gasteiger charge is 2.24. The van der Waals surface area contributed by atoms with Crippen molar-refractivity contribution in [1.29, 1.82) is 0 Å². The van der Waals surface area contributed by atoms with Gasteiger partial charge in [-0.1, -0.05) is 127 Å². The SMILES string of the molecule is c1ccc(-c2ccc(-c3nc(-n4c5cccnc5c5c6ccccc6c6c7ccccc7sc6c54)nc4ccccc34)c3ccccc23)cc1. The van der Waals surface area contributed by atoms with E-state index in [0.29, 0.717) is 5.95 Å². The third-order valence-corrected chi connectivity index (χ3v) is 11.2. The topological polar surface area (TPSA) is 43.6 Å². The van der Waals surface area contributed by atoms with Crippen LogP contribution in [0.3, 0.4) is 0 Å². The van der Waals surface area contributed by atoms with Gasteiger partial charge in [-0.2, -0.15) is 0 Å². The van der Waals surface area contributed by atoms with Gasteiger partial charge < -0.3 is 0 Å². The summed E-state index contributed by atoms with van der Waals surface area (Å²) >= 11 is 1.83. The lowest BCUT2D eigenvalue weighted by Crippen LogP contribution is -2.04. The van der Waals surface area contributed by atoms with Gasteiger partial charge in [0.2, 0.25) is 5.95 Å². The van der Waals surface area contributed by atoms with Crippen LogP contribution >= 0.6 is 11.3 Å². The van der Waals surface area contributed by atoms with Crippen LogP contribution in [0, 0.1) is 0 Å². The Morgan fingerprint density at radius 3 is 1.94 bits per heavy atom. The quantitative estimate of drug-likeness (QED) is 0.190. The standard InChI is InChI=1S/C45H26N4S/c1-2-13-27(14-3-1)28-24-25-33(30-16-5-4-15-29(28)30)41-34-19-8-10-21-36(34)47-45(48-41)49-37-22-12-26-46-42(37)40-32-18-7-6-17-31(32)39-35-20-9-11-23-38(35)50-44(39)43(40)49/h1-26H. The van der Waals surface area contributed by atoms with Gasteiger partial charge in [-0.25, -0.2) is 9.97 Å². The molecular formula is C45H26N4S. The molecule has 0 aliphatic carbocycles. The summed E-state index contributed by atoms with van der Waals surface area (Å²) in [5, 5.41) is 9.45. The molecule has 0 bridgehead atoms. The van der Waals surface area contributed by atoms with E-state index in [2.05, 4.69) is 150 Å². The van der Waals surface area contributed by atoms with E-state index in [1.165, 1.54) is 47.5 Å². The first-order valence-electron chi connectivity index (χ1n) is 16.8. The lowest BCUT2D eigenvalue weighted by atomic mass is 9.93. The first kappa shape index (κ1) is 27.5. The molecule has 7 aromatic carbocycles. The Morgan fingerprint density at radius 2 is 1.12 bits per heavy atom. The van der Waals surface area contributed by atoms with Gasteiger partial charge >= 0.3 is 0 Å². The van der Waals surface area contributed by atoms with E-state index in [1.807, 2.05) is 23.6 Å². The molecule has 11 aromatic rings. The van der Waals surface area contributed by atoms with Crippen molar-refractivity contribution in [2.24, 2.45) is 0 Å². The summed E-state index contributed by atoms with van der Waals surface area (Å²) in [5.41, 5.74) is 8.33. The van der Waals surface area contributed by atoms with Crippen LogP contribution < -0.4 is 0 Å². The Hall–Kier alpha value is -6.43. The third kappa shape index (κ3) is 3.84. The van der Waals surface area contributed by atoms with Gasteiger partial charge in [-0.05, 0) is 56.9 Å². The predicted octanol–water partition coefficient (Wildman–Crippen LogP) is 12.1. The summed E-state index contributed by atoms with van der Waals surface area (Å²) in [6.45, 7) is 0. The van der Waals surface area contributed by atoms with Gasteiger partial charge in [0.15, 0.2) is 0 Å². The fraction of sp³-hybridized carbons (Fsp3) is 0. The number of aromatic nitrogens is 4. The Balaban J connectivity index is 1.29. The van der Waals surface area contributed by atoms with E-state index in [-0.39, 0.29) is 0 Å². The van der Waals surface area contributed by atoms with Gasteiger partial charge in [0, 0.05) is 38.0 Å². The number of hydrogen-bond donors (Lipinski definition) is 0. The molecule has 0 atom stereocenters. The number of thiophene rings is 1. The van der Waals surface area contributed by atoms with Crippen LogP contribution in [0.1, 0.15) is 0 Å². The summed E-state index contributed by atoms with van der Waals surface area (Å²) < 4.78 is 4.74. The van der Waals surface area contributed by atoms with Crippen molar-refractivity contribution >= 4 is 85.9 Å². The first-order chi connectivity index (χ1) is 24.8. The van der Waals surface area contributed by atoms with Crippen LogP contribution in [0.2, 0.25) is 0 Å². The van der Waals surface area contributed by atoms with Crippen molar-refractivity contribution in [1.82, 2.24) is 19.5 Å². The lowest BCUT2D eigenvalue weighted by Gasteiger charge is -2.15. The van der Waals surface area contributed by atoms with Crippen molar-refractivity contribution in [3.63, 3.8) is 0 Å². The molecule has 0 spiro atoms. The zero-order chi connectivity index (χ0) is 32.8. The third-order valence-electron chi connectivity index (χ3n) is 10.1. The smallest absolute Gasteiger partial charge is 0.235 e. The van der Waals surface area contributed by atoms with E-state index in [1.54, 1.807) is 0 Å². The molecule has 232 valence electrons. The molecule has 0 unspecified atom stereocenters. The van der Waals surface area contributed by atoms with Crippen LogP contribution in [0.4, 0.5) is 0 Å². The van der Waals surface area contributed by atoms with Gasteiger partial charge in [0.1, 0.15) is 0 Å². The molecule has 0 aliphatic heterocycles. The molecule has 0 saturated carbocycles. The van der Waals surface area contributed by atoms with Crippen molar-refractivity contribution < 1.29 is 0 Å². The molecule has 11 rings (SSSR count). The highest BCUT2D eigenvalue weighted by atomic mass is 32.1. The van der Waals surface area contributed by atoms with Gasteiger partial charge in [-0.15, -0.1) is 11.3 Å². The average Bonchev–Trinajstić information content (AvgIpc) is 3.75. The van der Waals surface area contributed by atoms with Crippen LogP contribution in [0.5, 0.6) is 0 Å². The number of rotatable bonds is 3. The van der Waals surface area contributed by atoms with E-state index in [4.69, 9.17) is 15.0 Å². The van der Waals surface area contributed by atoms with Crippen LogP contribution in [-0.4, -0.2) is 19.5 Å². The zero-order valence-electron chi connectivity index (χ0n) is 26.7. The number of pyridine rings is 1. The number of para-hydroxylation sites is 1. The minimum atomic E-state index is 0.636. The van der Waals surface area contributed by atoms with Crippen molar-refractivity contribution in [2.75, 3.05) is 0 Å². The number of benzene rings is 7. The summed E-state index contributed by atoms with van der Waals surface area (Å²) in [4.78, 5) is 15.9. The Labute approximate surface area is 290 Å². The Morgan fingerprint density at radius 1 is 0.480 bits per heavy atom. The minimum Gasteiger partial charge on any atom is -0.275 e. The van der Waals surface area contributed by atoms with E-state index >= 15 is 0 Å². The molecule has 50 heavy (non-hydrogen) atoms. The number of nitrogens with zero attached hydrogens (tertiary/aromatic N) is 4. The molecule has 0 radical (unpaired) electrons. The summed E-state index contributed by atoms with van der Waals surface area (Å²) in [6, 6.07) is 53.7. The van der Waals surface area contributed by atoms with E-state index in [9.17, 15) is 0 Å². The van der Waals surface area contributed by atoms with Gasteiger partial charge in [-0.3, -0.25) is 9.55 Å². The molecule has 4 nitrogen and oxygen atoms in total. The van der Waals surface area contributed by atoms with Crippen LogP contribution in [-0.2, 0) is 0 Å². The van der Waals surface area contributed by atoms with Crippen molar-refractivity contribution in [2.45, 2.75) is 0 Å². The average molecular weight is 655 g/mol. The Bertz CT molecular complexity index is 3160. The van der Waals surface area contributed by atoms with Gasteiger partial charge in [0.25, 0.3) is 0 Å². The highest BCUT2D eigenvalue weighted by molar-refractivity contribution is 7.27. The van der Waals surface area contributed by atoms with Gasteiger partial charge in [0.05, 0.1) is 32.5 Å². The van der Waals surface area contributed by atoms with Crippen LogP contribution in [0.25, 0.3) is 103 Å². The van der Waals surface area contributed by atoms with E-state index in [0.717, 1.165) is 49.5 Å². The second kappa shape index (κ2) is 10.5. The molecule has 0 amide bonds. The molecule has 4 heterocycles. The summed E-state index contributed by atoms with van der Waals surface area (Å²) in [7, 11) is 0. The molecule has 4 aromatic heterocycles. The van der Waals surface area contributed by atoms with Crippen LogP contribution in [0.15, 0.2) is 158 Å². The highest BCUT2D eigenvalue weighted by Crippen LogP contribution is 2.47. The first-order valence-corrected chi connectivity index (χ1v) is 17.6. The largest absolute Gasteiger partial charge is 0.275 e. The second-order valence-electron chi connectivity index (χ2n) is 12.7. The maximum absolute atomic E-state index is 5.54. The zero-order valence-corrected chi connectivity index (χ0v) is 27.5. The molecule has 5 heteroatoms. The number of fused-ring (bicyclic) bond motifs is 12. The maximum atomic E-state index is 5.54. The molecule has 0 saturated heterocycles. The van der Waals surface area contributed by atoms with Crippen molar-refractivity contribution in [3.05, 3.63) is 158 Å². The lowest BCUT2D eigenvalue weighted by molar-refractivity contribution is 1.02. The fourth-order valence-electron chi connectivity index (χ4n) is 7.94. The predicted molar refractivity (Wildman–Crippen MR) is 210 cm³/mol. The van der Waals surface area contributed by atoms with Crippen molar-refractivity contribution in [3.8, 4) is 28.3 Å². The summed E-state index contributed by atoms with van der Waals surface area (Å²) in [6.07, 6.45) is 1.89. The molecular weight excluding hydrogens is 629 g/mol. The summed E-state index contributed by atoms with van der Waals surface area (Å²) in [5.74, 6) is 0.636. The number of hydrogen-bond acceptors (Lipinski definition) is 4. The minimum absolute atomic E-state index is 0.636.